The molecule has 0 spiro atoms. The Bertz CT molecular complexity index is 544. The van der Waals surface area contributed by atoms with Gasteiger partial charge < -0.3 is 10.2 Å². The van der Waals surface area contributed by atoms with Gasteiger partial charge in [0.25, 0.3) is 0 Å². The lowest BCUT2D eigenvalue weighted by atomic mass is 10.5. The Morgan fingerprint density at radius 1 is 1.15 bits per heavy atom. The van der Waals surface area contributed by atoms with Crippen LogP contribution in [0.15, 0.2) is 34.6 Å². The Kier molecular flexibility index (Phi) is 5.11. The van der Waals surface area contributed by atoms with Crippen LogP contribution in [-0.4, -0.2) is 40.1 Å². The molecule has 6 nitrogen and oxygen atoms in total. The normalized spacial score (nSPS) is 10.3. The standard InChI is InChI=1S/C13H18N6S/c1-4-19(5-2)12-16-11(14-3)17-13(18-12)20-10-8-6-7-9-15-10/h6-9H,4-5H2,1-3H3,(H,14,16,17,18). The van der Waals surface area contributed by atoms with Crippen LogP contribution in [0.4, 0.5) is 11.9 Å². The molecule has 1 N–H and O–H groups in total. The largest absolute Gasteiger partial charge is 0.357 e. The first-order chi connectivity index (χ1) is 9.76. The van der Waals surface area contributed by atoms with E-state index in [4.69, 9.17) is 0 Å². The smallest absolute Gasteiger partial charge is 0.231 e. The maximum Gasteiger partial charge on any atom is 0.231 e. The molecule has 2 rings (SSSR count). The highest BCUT2D eigenvalue weighted by atomic mass is 32.2. The lowest BCUT2D eigenvalue weighted by Gasteiger charge is -2.19. The second-order valence-electron chi connectivity index (χ2n) is 3.93. The van der Waals surface area contributed by atoms with Gasteiger partial charge in [-0.05, 0) is 37.7 Å². The van der Waals surface area contributed by atoms with Crippen molar-refractivity contribution in [1.82, 2.24) is 19.9 Å². The van der Waals surface area contributed by atoms with E-state index < -0.39 is 0 Å². The molecular weight excluding hydrogens is 272 g/mol. The quantitative estimate of drug-likeness (QED) is 0.875. The second kappa shape index (κ2) is 7.04. The average Bonchev–Trinajstić information content (AvgIpc) is 2.49. The van der Waals surface area contributed by atoms with Gasteiger partial charge in [-0.2, -0.15) is 15.0 Å². The Morgan fingerprint density at radius 3 is 2.55 bits per heavy atom. The van der Waals surface area contributed by atoms with E-state index in [9.17, 15) is 0 Å². The van der Waals surface area contributed by atoms with Crippen molar-refractivity contribution in [3.63, 3.8) is 0 Å². The van der Waals surface area contributed by atoms with Crippen molar-refractivity contribution in [3.05, 3.63) is 24.4 Å². The number of rotatable bonds is 6. The van der Waals surface area contributed by atoms with Gasteiger partial charge in [-0.1, -0.05) is 6.07 Å². The highest BCUT2D eigenvalue weighted by Crippen LogP contribution is 2.24. The summed E-state index contributed by atoms with van der Waals surface area (Å²) in [4.78, 5) is 19.6. The summed E-state index contributed by atoms with van der Waals surface area (Å²) in [5.41, 5.74) is 0. The molecule has 0 radical (unpaired) electrons. The Morgan fingerprint density at radius 2 is 1.95 bits per heavy atom. The van der Waals surface area contributed by atoms with Crippen molar-refractivity contribution in [2.75, 3.05) is 30.4 Å². The summed E-state index contributed by atoms with van der Waals surface area (Å²) in [6.45, 7) is 5.88. The Balaban J connectivity index is 2.30. The number of anilines is 2. The van der Waals surface area contributed by atoms with Crippen LogP contribution in [0.3, 0.4) is 0 Å². The average molecular weight is 290 g/mol. The SMILES string of the molecule is CCN(CC)c1nc(NC)nc(Sc2ccccn2)n1. The fourth-order valence-corrected chi connectivity index (χ4v) is 2.36. The van der Waals surface area contributed by atoms with Crippen LogP contribution in [0, 0.1) is 0 Å². The molecule has 0 aliphatic heterocycles. The Hall–Kier alpha value is -1.89. The summed E-state index contributed by atoms with van der Waals surface area (Å²) in [5, 5.41) is 4.48. The molecular formula is C13H18N6S. The van der Waals surface area contributed by atoms with E-state index in [0.29, 0.717) is 17.1 Å². The number of pyridine rings is 1. The number of nitrogens with one attached hydrogen (secondary N) is 1. The van der Waals surface area contributed by atoms with Gasteiger partial charge in [-0.3, -0.25) is 0 Å². The zero-order valence-corrected chi connectivity index (χ0v) is 12.7. The molecule has 0 amide bonds. The van der Waals surface area contributed by atoms with Crippen LogP contribution < -0.4 is 10.2 Å². The van der Waals surface area contributed by atoms with Gasteiger partial charge in [-0.15, -0.1) is 0 Å². The molecule has 0 atom stereocenters. The topological polar surface area (TPSA) is 66.8 Å². The molecule has 0 unspecified atom stereocenters. The number of hydrogen-bond acceptors (Lipinski definition) is 7. The predicted molar refractivity (Wildman–Crippen MR) is 81.3 cm³/mol. The number of nitrogens with zero attached hydrogens (tertiary/aromatic N) is 5. The van der Waals surface area contributed by atoms with Crippen LogP contribution in [0.2, 0.25) is 0 Å². The lowest BCUT2D eigenvalue weighted by molar-refractivity contribution is 0.784. The fourth-order valence-electron chi connectivity index (χ4n) is 1.65. The molecule has 20 heavy (non-hydrogen) atoms. The summed E-state index contributed by atoms with van der Waals surface area (Å²) >= 11 is 1.43. The molecule has 0 aromatic carbocycles. The molecule has 0 bridgehead atoms. The molecule has 0 aliphatic carbocycles. The van der Waals surface area contributed by atoms with Gasteiger partial charge in [0.05, 0.1) is 0 Å². The monoisotopic (exact) mass is 290 g/mol. The van der Waals surface area contributed by atoms with Crippen molar-refractivity contribution in [1.29, 1.82) is 0 Å². The third-order valence-electron chi connectivity index (χ3n) is 2.71. The highest BCUT2D eigenvalue weighted by Gasteiger charge is 2.11. The first-order valence-electron chi connectivity index (χ1n) is 6.54. The van der Waals surface area contributed by atoms with Crippen LogP contribution >= 0.6 is 11.8 Å². The minimum Gasteiger partial charge on any atom is -0.357 e. The van der Waals surface area contributed by atoms with Crippen LogP contribution in [0.1, 0.15) is 13.8 Å². The van der Waals surface area contributed by atoms with Crippen molar-refractivity contribution in [2.24, 2.45) is 0 Å². The molecule has 0 saturated heterocycles. The van der Waals surface area contributed by atoms with Crippen LogP contribution in [-0.2, 0) is 0 Å². The number of hydrogen-bond donors (Lipinski definition) is 1. The minimum atomic E-state index is 0.570. The van der Waals surface area contributed by atoms with E-state index in [2.05, 4.69) is 44.0 Å². The summed E-state index contributed by atoms with van der Waals surface area (Å²) in [5.74, 6) is 1.26. The fraction of sp³-hybridized carbons (Fsp3) is 0.385. The molecule has 106 valence electrons. The lowest BCUT2D eigenvalue weighted by Crippen LogP contribution is -2.25. The van der Waals surface area contributed by atoms with Crippen molar-refractivity contribution < 1.29 is 0 Å². The summed E-state index contributed by atoms with van der Waals surface area (Å²) < 4.78 is 0. The van der Waals surface area contributed by atoms with E-state index in [1.165, 1.54) is 11.8 Å². The maximum atomic E-state index is 4.51. The molecule has 2 aromatic heterocycles. The molecule has 2 aromatic rings. The third kappa shape index (κ3) is 3.57. The second-order valence-corrected chi connectivity index (χ2v) is 4.92. The van der Waals surface area contributed by atoms with E-state index in [1.54, 1.807) is 13.2 Å². The number of aromatic nitrogens is 4. The van der Waals surface area contributed by atoms with Crippen molar-refractivity contribution >= 4 is 23.7 Å². The summed E-state index contributed by atoms with van der Waals surface area (Å²) in [6, 6.07) is 5.77. The summed E-state index contributed by atoms with van der Waals surface area (Å²) in [7, 11) is 1.80. The molecule has 7 heteroatoms. The van der Waals surface area contributed by atoms with Gasteiger partial charge in [0.2, 0.25) is 17.1 Å². The molecule has 0 aliphatic rings. The van der Waals surface area contributed by atoms with Gasteiger partial charge >= 0.3 is 0 Å². The van der Waals surface area contributed by atoms with Crippen LogP contribution in [0.5, 0.6) is 0 Å². The van der Waals surface area contributed by atoms with Gasteiger partial charge in [0.1, 0.15) is 5.03 Å². The van der Waals surface area contributed by atoms with E-state index in [1.807, 2.05) is 18.2 Å². The van der Waals surface area contributed by atoms with Crippen molar-refractivity contribution in [2.45, 2.75) is 24.0 Å². The first-order valence-corrected chi connectivity index (χ1v) is 7.36. The summed E-state index contributed by atoms with van der Waals surface area (Å²) in [6.07, 6.45) is 1.76. The zero-order chi connectivity index (χ0) is 14.4. The van der Waals surface area contributed by atoms with Gasteiger partial charge in [0.15, 0.2) is 0 Å². The maximum absolute atomic E-state index is 4.51. The van der Waals surface area contributed by atoms with Crippen molar-refractivity contribution in [3.8, 4) is 0 Å². The molecule has 0 saturated carbocycles. The van der Waals surface area contributed by atoms with E-state index >= 15 is 0 Å². The third-order valence-corrected chi connectivity index (χ3v) is 3.52. The first kappa shape index (κ1) is 14.5. The van der Waals surface area contributed by atoms with Gasteiger partial charge in [-0.25, -0.2) is 4.98 Å². The molecule has 0 fully saturated rings. The minimum absolute atomic E-state index is 0.570. The van der Waals surface area contributed by atoms with E-state index in [-0.39, 0.29) is 0 Å². The zero-order valence-electron chi connectivity index (χ0n) is 11.9. The van der Waals surface area contributed by atoms with Gasteiger partial charge in [0, 0.05) is 26.3 Å². The van der Waals surface area contributed by atoms with E-state index in [0.717, 1.165) is 18.1 Å². The molecule has 2 heterocycles. The van der Waals surface area contributed by atoms with Crippen LogP contribution in [0.25, 0.3) is 0 Å². The highest BCUT2D eigenvalue weighted by molar-refractivity contribution is 7.99. The Labute approximate surface area is 123 Å². The predicted octanol–water partition coefficient (Wildman–Crippen LogP) is 2.31.